The molecule has 0 unspecified atom stereocenters. The smallest absolute Gasteiger partial charge is 0.326 e. The lowest BCUT2D eigenvalue weighted by molar-refractivity contribution is -0.145. The molecule has 1 heterocycles. The molecule has 0 bridgehead atoms. The molecule has 0 saturated carbocycles. The van der Waals surface area contributed by atoms with Gasteiger partial charge in [0.1, 0.15) is 12.1 Å². The SMILES string of the molecule is CC(C)[C@@H](NC(=O)[C@@H]1CCCN1C(=O)[C@@H](N)CCCCN)C(=O)O. The highest BCUT2D eigenvalue weighted by Gasteiger charge is 2.37. The third kappa shape index (κ3) is 5.45. The Balaban J connectivity index is 2.68. The van der Waals surface area contributed by atoms with Crippen LogP contribution < -0.4 is 16.8 Å². The van der Waals surface area contributed by atoms with Crippen LogP contribution in [0.15, 0.2) is 0 Å². The predicted octanol–water partition coefficient (Wildman–Crippen LogP) is -0.341. The number of carbonyl (C=O) groups is 3. The number of amides is 2. The molecule has 2 amide bonds. The molecule has 1 saturated heterocycles. The van der Waals surface area contributed by atoms with E-state index >= 15 is 0 Å². The van der Waals surface area contributed by atoms with E-state index in [0.717, 1.165) is 12.8 Å². The van der Waals surface area contributed by atoms with Gasteiger partial charge in [0.2, 0.25) is 11.8 Å². The van der Waals surface area contributed by atoms with Crippen molar-refractivity contribution in [1.29, 1.82) is 0 Å². The summed E-state index contributed by atoms with van der Waals surface area (Å²) in [4.78, 5) is 37.6. The number of carboxylic acid groups (broad SMARTS) is 1. The van der Waals surface area contributed by atoms with Gasteiger partial charge in [-0.25, -0.2) is 4.79 Å². The van der Waals surface area contributed by atoms with Gasteiger partial charge in [-0.1, -0.05) is 20.3 Å². The molecule has 1 rings (SSSR count). The van der Waals surface area contributed by atoms with Crippen LogP contribution in [0.2, 0.25) is 0 Å². The number of hydrogen-bond acceptors (Lipinski definition) is 5. The molecule has 0 spiro atoms. The summed E-state index contributed by atoms with van der Waals surface area (Å²) in [7, 11) is 0. The second kappa shape index (κ2) is 9.58. The van der Waals surface area contributed by atoms with E-state index in [1.54, 1.807) is 13.8 Å². The minimum Gasteiger partial charge on any atom is -0.480 e. The van der Waals surface area contributed by atoms with Crippen molar-refractivity contribution in [2.24, 2.45) is 17.4 Å². The van der Waals surface area contributed by atoms with Crippen molar-refractivity contribution in [3.63, 3.8) is 0 Å². The lowest BCUT2D eigenvalue weighted by atomic mass is 10.0. The largest absolute Gasteiger partial charge is 0.480 e. The molecule has 6 N–H and O–H groups in total. The van der Waals surface area contributed by atoms with Crippen LogP contribution in [0.5, 0.6) is 0 Å². The van der Waals surface area contributed by atoms with Crippen molar-refractivity contribution in [3.8, 4) is 0 Å². The molecular weight excluding hydrogens is 312 g/mol. The number of nitrogens with one attached hydrogen (secondary N) is 1. The average molecular weight is 342 g/mol. The van der Waals surface area contributed by atoms with Gasteiger partial charge >= 0.3 is 5.97 Å². The molecule has 1 fully saturated rings. The Morgan fingerprint density at radius 3 is 2.50 bits per heavy atom. The first-order valence-electron chi connectivity index (χ1n) is 8.58. The topological polar surface area (TPSA) is 139 Å². The summed E-state index contributed by atoms with van der Waals surface area (Å²) in [5, 5.41) is 11.7. The molecule has 138 valence electrons. The second-order valence-electron chi connectivity index (χ2n) is 6.65. The van der Waals surface area contributed by atoms with Gasteiger partial charge in [0.05, 0.1) is 6.04 Å². The second-order valence-corrected chi connectivity index (χ2v) is 6.65. The number of aliphatic carboxylic acids is 1. The minimum atomic E-state index is -1.08. The lowest BCUT2D eigenvalue weighted by Crippen LogP contribution is -2.54. The van der Waals surface area contributed by atoms with Crippen LogP contribution in [0.1, 0.15) is 46.0 Å². The summed E-state index contributed by atoms with van der Waals surface area (Å²) in [6.07, 6.45) is 3.34. The Morgan fingerprint density at radius 1 is 1.29 bits per heavy atom. The van der Waals surface area contributed by atoms with Crippen molar-refractivity contribution in [2.75, 3.05) is 13.1 Å². The van der Waals surface area contributed by atoms with Gasteiger partial charge in [0.15, 0.2) is 0 Å². The fourth-order valence-corrected chi connectivity index (χ4v) is 2.91. The number of nitrogens with two attached hydrogens (primary N) is 2. The van der Waals surface area contributed by atoms with E-state index in [1.807, 2.05) is 0 Å². The van der Waals surface area contributed by atoms with E-state index in [1.165, 1.54) is 4.90 Å². The van der Waals surface area contributed by atoms with E-state index in [4.69, 9.17) is 11.5 Å². The van der Waals surface area contributed by atoms with Gasteiger partial charge < -0.3 is 26.8 Å². The zero-order valence-corrected chi connectivity index (χ0v) is 14.5. The average Bonchev–Trinajstić information content (AvgIpc) is 3.00. The number of unbranched alkanes of at least 4 members (excludes halogenated alkanes) is 1. The lowest BCUT2D eigenvalue weighted by Gasteiger charge is -2.28. The molecule has 1 aliphatic rings. The van der Waals surface area contributed by atoms with Gasteiger partial charge in [-0.05, 0) is 38.1 Å². The first-order chi connectivity index (χ1) is 11.3. The Morgan fingerprint density at radius 2 is 1.96 bits per heavy atom. The van der Waals surface area contributed by atoms with Crippen molar-refractivity contribution in [2.45, 2.75) is 64.1 Å². The molecule has 0 radical (unpaired) electrons. The molecule has 8 heteroatoms. The fraction of sp³-hybridized carbons (Fsp3) is 0.812. The first kappa shape index (κ1) is 20.4. The zero-order chi connectivity index (χ0) is 18.3. The molecule has 0 aliphatic carbocycles. The highest BCUT2D eigenvalue weighted by atomic mass is 16.4. The highest BCUT2D eigenvalue weighted by molar-refractivity contribution is 5.92. The quantitative estimate of drug-likeness (QED) is 0.423. The summed E-state index contributed by atoms with van der Waals surface area (Å²) >= 11 is 0. The van der Waals surface area contributed by atoms with Crippen molar-refractivity contribution < 1.29 is 19.5 Å². The van der Waals surface area contributed by atoms with Crippen LogP contribution in [-0.4, -0.2) is 59.0 Å². The monoisotopic (exact) mass is 342 g/mol. The highest BCUT2D eigenvalue weighted by Crippen LogP contribution is 2.20. The van der Waals surface area contributed by atoms with Crippen molar-refractivity contribution >= 4 is 17.8 Å². The summed E-state index contributed by atoms with van der Waals surface area (Å²) in [6, 6.07) is -2.25. The summed E-state index contributed by atoms with van der Waals surface area (Å²) in [5.41, 5.74) is 11.4. The standard InChI is InChI=1S/C16H30N4O4/c1-10(2)13(16(23)24)19-14(21)12-7-5-9-20(12)15(22)11(18)6-3-4-8-17/h10-13H,3-9,17-18H2,1-2H3,(H,19,21)(H,23,24)/t11-,12-,13+/m0/s1. The predicted molar refractivity (Wildman–Crippen MR) is 90.0 cm³/mol. The van der Waals surface area contributed by atoms with Gasteiger partial charge in [-0.15, -0.1) is 0 Å². The van der Waals surface area contributed by atoms with E-state index in [0.29, 0.717) is 32.4 Å². The molecule has 0 aromatic carbocycles. The Kier molecular flexibility index (Phi) is 8.14. The molecule has 8 nitrogen and oxygen atoms in total. The van der Waals surface area contributed by atoms with E-state index in [9.17, 15) is 19.5 Å². The maximum absolute atomic E-state index is 12.5. The third-order valence-corrected chi connectivity index (χ3v) is 4.36. The Bertz CT molecular complexity index is 455. The number of rotatable bonds is 9. The van der Waals surface area contributed by atoms with Crippen LogP contribution in [0.25, 0.3) is 0 Å². The summed E-state index contributed by atoms with van der Waals surface area (Å²) < 4.78 is 0. The van der Waals surface area contributed by atoms with Crippen LogP contribution in [0.3, 0.4) is 0 Å². The molecule has 0 aromatic rings. The van der Waals surface area contributed by atoms with Gasteiger partial charge in [-0.2, -0.15) is 0 Å². The number of likely N-dealkylation sites (tertiary alicyclic amines) is 1. The summed E-state index contributed by atoms with van der Waals surface area (Å²) in [5.74, 6) is -1.99. The van der Waals surface area contributed by atoms with Crippen molar-refractivity contribution in [1.82, 2.24) is 10.2 Å². The van der Waals surface area contributed by atoms with Crippen LogP contribution in [0.4, 0.5) is 0 Å². The minimum absolute atomic E-state index is 0.240. The number of carbonyl (C=O) groups excluding carboxylic acids is 2. The fourth-order valence-electron chi connectivity index (χ4n) is 2.91. The number of carboxylic acids is 1. The number of hydrogen-bond donors (Lipinski definition) is 4. The Labute approximate surface area is 142 Å². The van der Waals surface area contributed by atoms with Gasteiger partial charge in [0.25, 0.3) is 0 Å². The first-order valence-corrected chi connectivity index (χ1v) is 8.58. The maximum atomic E-state index is 12.5. The van der Waals surface area contributed by atoms with Gasteiger partial charge in [-0.3, -0.25) is 9.59 Å². The molecular formula is C16H30N4O4. The third-order valence-electron chi connectivity index (χ3n) is 4.36. The van der Waals surface area contributed by atoms with Crippen LogP contribution in [-0.2, 0) is 14.4 Å². The summed E-state index contributed by atoms with van der Waals surface area (Å²) in [6.45, 7) is 4.48. The Hall–Kier alpha value is -1.67. The van der Waals surface area contributed by atoms with E-state index in [2.05, 4.69) is 5.32 Å². The zero-order valence-electron chi connectivity index (χ0n) is 14.5. The van der Waals surface area contributed by atoms with E-state index < -0.39 is 30.0 Å². The molecule has 0 aromatic heterocycles. The maximum Gasteiger partial charge on any atom is 0.326 e. The van der Waals surface area contributed by atoms with Crippen LogP contribution >= 0.6 is 0 Å². The van der Waals surface area contributed by atoms with Crippen LogP contribution in [0, 0.1) is 5.92 Å². The van der Waals surface area contributed by atoms with E-state index in [-0.39, 0.29) is 11.8 Å². The van der Waals surface area contributed by atoms with Crippen molar-refractivity contribution in [3.05, 3.63) is 0 Å². The molecule has 24 heavy (non-hydrogen) atoms. The molecule has 1 aliphatic heterocycles. The van der Waals surface area contributed by atoms with Gasteiger partial charge in [0, 0.05) is 6.54 Å². The number of nitrogens with zero attached hydrogens (tertiary/aromatic N) is 1. The normalized spacial score (nSPS) is 20.0. The molecule has 3 atom stereocenters.